The number of hydrogen-bond donors (Lipinski definition) is 1. The molecule has 0 saturated heterocycles. The van der Waals surface area contributed by atoms with Crippen molar-refractivity contribution in [3.05, 3.63) is 46.6 Å². The average molecular weight is 304 g/mol. The first-order chi connectivity index (χ1) is 9.70. The largest absolute Gasteiger partial charge is 0.312 e. The molecule has 1 aromatic carbocycles. The Morgan fingerprint density at radius 1 is 1.25 bits per heavy atom. The SMILES string of the molecule is CNC(C)c1cnc(-c2ccc(Cl)c3cccnc23)s1. The maximum Gasteiger partial charge on any atom is 0.125 e. The molecule has 0 aliphatic heterocycles. The third-order valence-electron chi connectivity index (χ3n) is 3.33. The molecule has 3 rings (SSSR count). The van der Waals surface area contributed by atoms with Gasteiger partial charge in [0.15, 0.2) is 0 Å². The molecule has 0 radical (unpaired) electrons. The van der Waals surface area contributed by atoms with Crippen LogP contribution < -0.4 is 5.32 Å². The van der Waals surface area contributed by atoms with Gasteiger partial charge in [-0.25, -0.2) is 4.98 Å². The molecule has 1 atom stereocenters. The molecular formula is C15H14ClN3S. The van der Waals surface area contributed by atoms with Gasteiger partial charge in [0.05, 0.1) is 10.5 Å². The van der Waals surface area contributed by atoms with Crippen LogP contribution in [0.2, 0.25) is 5.02 Å². The predicted octanol–water partition coefficient (Wildman–Crippen LogP) is 4.29. The van der Waals surface area contributed by atoms with Gasteiger partial charge in [-0.2, -0.15) is 0 Å². The standard InChI is InChI=1S/C15H14ClN3S/c1-9(17-2)13-8-19-15(20-13)11-5-6-12(16)10-4-3-7-18-14(10)11/h3-9,17H,1-2H3. The summed E-state index contributed by atoms with van der Waals surface area (Å²) in [4.78, 5) is 10.2. The first-order valence-corrected chi connectivity index (χ1v) is 7.56. The van der Waals surface area contributed by atoms with Gasteiger partial charge in [0.2, 0.25) is 0 Å². The van der Waals surface area contributed by atoms with Crippen LogP contribution in [0.4, 0.5) is 0 Å². The molecule has 0 bridgehead atoms. The van der Waals surface area contributed by atoms with Crippen LogP contribution >= 0.6 is 22.9 Å². The Morgan fingerprint density at radius 2 is 2.10 bits per heavy atom. The van der Waals surface area contributed by atoms with E-state index in [1.807, 2.05) is 37.5 Å². The van der Waals surface area contributed by atoms with Gasteiger partial charge in [0.1, 0.15) is 5.01 Å². The van der Waals surface area contributed by atoms with Gasteiger partial charge in [-0.15, -0.1) is 11.3 Å². The van der Waals surface area contributed by atoms with Crippen molar-refractivity contribution in [1.82, 2.24) is 15.3 Å². The third kappa shape index (κ3) is 2.30. The minimum absolute atomic E-state index is 0.299. The van der Waals surface area contributed by atoms with Crippen LogP contribution in [0.3, 0.4) is 0 Å². The molecule has 0 fully saturated rings. The third-order valence-corrected chi connectivity index (χ3v) is 4.87. The zero-order chi connectivity index (χ0) is 14.1. The number of pyridine rings is 1. The van der Waals surface area contributed by atoms with E-state index in [1.165, 1.54) is 4.88 Å². The quantitative estimate of drug-likeness (QED) is 0.784. The lowest BCUT2D eigenvalue weighted by Gasteiger charge is -2.06. The molecule has 20 heavy (non-hydrogen) atoms. The van der Waals surface area contributed by atoms with Crippen molar-refractivity contribution in [3.8, 4) is 10.6 Å². The Morgan fingerprint density at radius 3 is 2.90 bits per heavy atom. The number of fused-ring (bicyclic) bond motifs is 1. The molecule has 0 aliphatic rings. The number of hydrogen-bond acceptors (Lipinski definition) is 4. The topological polar surface area (TPSA) is 37.8 Å². The Labute approximate surface area is 126 Å². The maximum absolute atomic E-state index is 6.23. The molecule has 1 N–H and O–H groups in total. The van der Waals surface area contributed by atoms with Gasteiger partial charge in [0, 0.05) is 34.3 Å². The lowest BCUT2D eigenvalue weighted by atomic mass is 10.1. The van der Waals surface area contributed by atoms with E-state index in [9.17, 15) is 0 Å². The normalized spacial score (nSPS) is 12.8. The minimum atomic E-state index is 0.299. The zero-order valence-electron chi connectivity index (χ0n) is 11.2. The average Bonchev–Trinajstić information content (AvgIpc) is 2.97. The fourth-order valence-corrected chi connectivity index (χ4v) is 3.28. The Kier molecular flexibility index (Phi) is 3.70. The summed E-state index contributed by atoms with van der Waals surface area (Å²) < 4.78 is 0. The summed E-state index contributed by atoms with van der Waals surface area (Å²) >= 11 is 7.91. The molecule has 0 aliphatic carbocycles. The highest BCUT2D eigenvalue weighted by Crippen LogP contribution is 2.34. The smallest absolute Gasteiger partial charge is 0.125 e. The Balaban J connectivity index is 2.15. The molecule has 3 aromatic rings. The Hall–Kier alpha value is -1.49. The molecule has 1 unspecified atom stereocenters. The molecule has 102 valence electrons. The summed E-state index contributed by atoms with van der Waals surface area (Å²) in [5, 5.41) is 5.88. The second-order valence-electron chi connectivity index (χ2n) is 4.57. The summed E-state index contributed by atoms with van der Waals surface area (Å²) in [6.07, 6.45) is 3.71. The van der Waals surface area contributed by atoms with Crippen molar-refractivity contribution in [2.45, 2.75) is 13.0 Å². The van der Waals surface area contributed by atoms with Crippen molar-refractivity contribution in [3.63, 3.8) is 0 Å². The van der Waals surface area contributed by atoms with E-state index in [2.05, 4.69) is 22.2 Å². The molecule has 0 spiro atoms. The second-order valence-corrected chi connectivity index (χ2v) is 6.04. The van der Waals surface area contributed by atoms with Crippen molar-refractivity contribution in [2.75, 3.05) is 7.05 Å². The molecule has 0 saturated carbocycles. The van der Waals surface area contributed by atoms with Crippen LogP contribution in [0.25, 0.3) is 21.5 Å². The highest BCUT2D eigenvalue weighted by Gasteiger charge is 2.13. The first-order valence-electron chi connectivity index (χ1n) is 6.37. The number of thiazole rings is 1. The maximum atomic E-state index is 6.23. The fourth-order valence-electron chi connectivity index (χ4n) is 2.06. The van der Waals surface area contributed by atoms with E-state index in [0.29, 0.717) is 6.04 Å². The van der Waals surface area contributed by atoms with E-state index in [1.54, 1.807) is 17.5 Å². The molecule has 0 amide bonds. The number of nitrogens with zero attached hydrogens (tertiary/aromatic N) is 2. The van der Waals surface area contributed by atoms with Crippen LogP contribution in [0, 0.1) is 0 Å². The van der Waals surface area contributed by atoms with Gasteiger partial charge in [-0.3, -0.25) is 4.98 Å². The van der Waals surface area contributed by atoms with Crippen molar-refractivity contribution in [1.29, 1.82) is 0 Å². The van der Waals surface area contributed by atoms with Crippen molar-refractivity contribution < 1.29 is 0 Å². The number of halogens is 1. The van der Waals surface area contributed by atoms with Crippen LogP contribution in [-0.2, 0) is 0 Å². The summed E-state index contributed by atoms with van der Waals surface area (Å²) in [6, 6.07) is 8.08. The summed E-state index contributed by atoms with van der Waals surface area (Å²) in [7, 11) is 1.95. The monoisotopic (exact) mass is 303 g/mol. The summed E-state index contributed by atoms with van der Waals surface area (Å²) in [6.45, 7) is 2.12. The summed E-state index contributed by atoms with van der Waals surface area (Å²) in [5.74, 6) is 0. The lowest BCUT2D eigenvalue weighted by molar-refractivity contribution is 0.662. The molecule has 2 heterocycles. The van der Waals surface area contributed by atoms with E-state index in [-0.39, 0.29) is 0 Å². The van der Waals surface area contributed by atoms with Gasteiger partial charge in [-0.1, -0.05) is 11.6 Å². The number of rotatable bonds is 3. The lowest BCUT2D eigenvalue weighted by Crippen LogP contribution is -2.10. The van der Waals surface area contributed by atoms with Crippen molar-refractivity contribution >= 4 is 33.8 Å². The highest BCUT2D eigenvalue weighted by atomic mass is 35.5. The van der Waals surface area contributed by atoms with Crippen LogP contribution in [0.15, 0.2) is 36.7 Å². The van der Waals surface area contributed by atoms with Crippen LogP contribution in [-0.4, -0.2) is 17.0 Å². The van der Waals surface area contributed by atoms with Gasteiger partial charge in [-0.05, 0) is 38.2 Å². The van der Waals surface area contributed by atoms with Crippen LogP contribution in [0.5, 0.6) is 0 Å². The van der Waals surface area contributed by atoms with Crippen molar-refractivity contribution in [2.24, 2.45) is 0 Å². The predicted molar refractivity (Wildman–Crippen MR) is 85.3 cm³/mol. The highest BCUT2D eigenvalue weighted by molar-refractivity contribution is 7.15. The molecule has 2 aromatic heterocycles. The van der Waals surface area contributed by atoms with E-state index < -0.39 is 0 Å². The Bertz CT molecular complexity index is 754. The van der Waals surface area contributed by atoms with E-state index >= 15 is 0 Å². The number of benzene rings is 1. The van der Waals surface area contributed by atoms with E-state index in [4.69, 9.17) is 11.6 Å². The zero-order valence-corrected chi connectivity index (χ0v) is 12.8. The number of nitrogens with one attached hydrogen (secondary N) is 1. The fraction of sp³-hybridized carbons (Fsp3) is 0.200. The van der Waals surface area contributed by atoms with Gasteiger partial charge >= 0.3 is 0 Å². The van der Waals surface area contributed by atoms with Crippen LogP contribution in [0.1, 0.15) is 17.8 Å². The summed E-state index contributed by atoms with van der Waals surface area (Å²) in [5.41, 5.74) is 1.93. The van der Waals surface area contributed by atoms with Gasteiger partial charge in [0.25, 0.3) is 0 Å². The first kappa shape index (κ1) is 13.5. The molecular weight excluding hydrogens is 290 g/mol. The van der Waals surface area contributed by atoms with E-state index in [0.717, 1.165) is 26.5 Å². The molecule has 3 nitrogen and oxygen atoms in total. The number of aromatic nitrogens is 2. The molecule has 5 heteroatoms. The van der Waals surface area contributed by atoms with Gasteiger partial charge < -0.3 is 5.32 Å². The minimum Gasteiger partial charge on any atom is -0.312 e. The second kappa shape index (κ2) is 5.48.